The van der Waals surface area contributed by atoms with Crippen LogP contribution in [0, 0.1) is 0 Å². The molecule has 2 N–H and O–H groups in total. The van der Waals surface area contributed by atoms with Crippen molar-refractivity contribution in [2.45, 2.75) is 31.9 Å². The zero-order valence-corrected chi connectivity index (χ0v) is 8.62. The molecule has 1 aliphatic carbocycles. The number of rotatable bonds is 4. The van der Waals surface area contributed by atoms with Crippen LogP contribution in [-0.2, 0) is 9.53 Å². The van der Waals surface area contributed by atoms with Gasteiger partial charge in [-0.25, -0.2) is 4.79 Å². The fraction of sp³-hybridized carbons (Fsp3) is 0.700. The van der Waals surface area contributed by atoms with Crippen LogP contribution in [0.2, 0.25) is 0 Å². The summed E-state index contributed by atoms with van der Waals surface area (Å²) >= 11 is 0. The maximum absolute atomic E-state index is 11.0. The highest BCUT2D eigenvalue weighted by atomic mass is 16.5. The van der Waals surface area contributed by atoms with Crippen LogP contribution in [0.4, 0.5) is 0 Å². The number of hydrogen-bond donors (Lipinski definition) is 2. The lowest BCUT2D eigenvalue weighted by molar-refractivity contribution is -0.136. The summed E-state index contributed by atoms with van der Waals surface area (Å²) in [6.07, 6.45) is 3.28. The molecule has 0 aromatic carbocycles. The molecule has 14 heavy (non-hydrogen) atoms. The van der Waals surface area contributed by atoms with Crippen molar-refractivity contribution >= 4 is 5.97 Å². The van der Waals surface area contributed by atoms with E-state index in [1.807, 2.05) is 0 Å². The summed E-state index contributed by atoms with van der Waals surface area (Å²) in [4.78, 5) is 11.0. The minimum atomic E-state index is -0.291. The normalized spacial score (nSPS) is 26.9. The number of esters is 1. The summed E-state index contributed by atoms with van der Waals surface area (Å²) in [5.74, 6) is -0.291. The molecule has 1 saturated carbocycles. The lowest BCUT2D eigenvalue weighted by Crippen LogP contribution is -2.44. The molecule has 4 heteroatoms. The van der Waals surface area contributed by atoms with Crippen molar-refractivity contribution in [1.29, 1.82) is 0 Å². The van der Waals surface area contributed by atoms with E-state index in [1.54, 1.807) is 13.0 Å². The van der Waals surface area contributed by atoms with E-state index < -0.39 is 0 Å². The molecule has 0 saturated heterocycles. The molecule has 1 rings (SSSR count). The van der Waals surface area contributed by atoms with Crippen molar-refractivity contribution in [1.82, 2.24) is 5.32 Å². The first-order chi connectivity index (χ1) is 6.63. The first-order valence-electron chi connectivity index (χ1n) is 4.80. The summed E-state index contributed by atoms with van der Waals surface area (Å²) < 4.78 is 4.55. The van der Waals surface area contributed by atoms with Gasteiger partial charge in [-0.1, -0.05) is 6.08 Å². The minimum absolute atomic E-state index is 0.141. The van der Waals surface area contributed by atoms with Gasteiger partial charge in [0.15, 0.2) is 0 Å². The average Bonchev–Trinajstić information content (AvgIpc) is 2.13. The van der Waals surface area contributed by atoms with E-state index >= 15 is 0 Å². The molecule has 0 bridgehead atoms. The van der Waals surface area contributed by atoms with E-state index in [0.717, 1.165) is 12.8 Å². The molecule has 0 amide bonds. The van der Waals surface area contributed by atoms with E-state index in [-0.39, 0.29) is 12.1 Å². The minimum Gasteiger partial charge on any atom is -0.466 e. The first kappa shape index (κ1) is 11.2. The van der Waals surface area contributed by atoms with Crippen LogP contribution in [0.25, 0.3) is 0 Å². The zero-order chi connectivity index (χ0) is 10.6. The zero-order valence-electron chi connectivity index (χ0n) is 8.62. The summed E-state index contributed by atoms with van der Waals surface area (Å²) in [7, 11) is 1.37. The topological polar surface area (TPSA) is 58.6 Å². The standard InChI is InChI=1S/C10H17NO3/c1-7(10(13)14-2)3-4-11-8-5-9(12)6-8/h3,8-9,11-12H,4-6H2,1-2H3. The molecule has 0 heterocycles. The summed E-state index contributed by atoms with van der Waals surface area (Å²) in [5.41, 5.74) is 0.611. The Hall–Kier alpha value is -0.870. The molecule has 0 aromatic heterocycles. The predicted molar refractivity (Wildman–Crippen MR) is 52.8 cm³/mol. The van der Waals surface area contributed by atoms with Crippen LogP contribution in [-0.4, -0.2) is 36.9 Å². The van der Waals surface area contributed by atoms with Gasteiger partial charge in [-0.05, 0) is 19.8 Å². The number of aliphatic hydroxyl groups is 1. The third-order valence-electron chi connectivity index (χ3n) is 2.44. The molecule has 0 unspecified atom stereocenters. The molecular formula is C10H17NO3. The molecule has 0 aromatic rings. The van der Waals surface area contributed by atoms with Crippen molar-refractivity contribution < 1.29 is 14.6 Å². The Morgan fingerprint density at radius 2 is 2.29 bits per heavy atom. The van der Waals surface area contributed by atoms with Crippen molar-refractivity contribution in [3.05, 3.63) is 11.6 Å². The van der Waals surface area contributed by atoms with E-state index in [1.165, 1.54) is 7.11 Å². The highest BCUT2D eigenvalue weighted by Gasteiger charge is 2.25. The summed E-state index contributed by atoms with van der Waals surface area (Å²) in [6.45, 7) is 2.38. The van der Waals surface area contributed by atoms with E-state index in [9.17, 15) is 4.79 Å². The number of aliphatic hydroxyl groups excluding tert-OH is 1. The Balaban J connectivity index is 2.16. The van der Waals surface area contributed by atoms with Crippen molar-refractivity contribution in [3.8, 4) is 0 Å². The number of methoxy groups -OCH3 is 1. The summed E-state index contributed by atoms with van der Waals surface area (Å²) in [6, 6.07) is 0.395. The van der Waals surface area contributed by atoms with E-state index in [0.29, 0.717) is 18.2 Å². The maximum Gasteiger partial charge on any atom is 0.333 e. The molecule has 0 atom stereocenters. The first-order valence-corrected chi connectivity index (χ1v) is 4.80. The van der Waals surface area contributed by atoms with Crippen molar-refractivity contribution in [2.24, 2.45) is 0 Å². The smallest absolute Gasteiger partial charge is 0.333 e. The van der Waals surface area contributed by atoms with Gasteiger partial charge in [0.2, 0.25) is 0 Å². The quantitative estimate of drug-likeness (QED) is 0.502. The highest BCUT2D eigenvalue weighted by molar-refractivity contribution is 5.87. The van der Waals surface area contributed by atoms with Gasteiger partial charge in [-0.3, -0.25) is 0 Å². The van der Waals surface area contributed by atoms with Crippen LogP contribution < -0.4 is 5.32 Å². The van der Waals surface area contributed by atoms with Crippen LogP contribution in [0.5, 0.6) is 0 Å². The van der Waals surface area contributed by atoms with Gasteiger partial charge in [0.25, 0.3) is 0 Å². The van der Waals surface area contributed by atoms with Crippen LogP contribution in [0.3, 0.4) is 0 Å². The van der Waals surface area contributed by atoms with Crippen molar-refractivity contribution in [2.75, 3.05) is 13.7 Å². The van der Waals surface area contributed by atoms with Crippen LogP contribution in [0.15, 0.2) is 11.6 Å². The van der Waals surface area contributed by atoms with Gasteiger partial charge in [0.1, 0.15) is 0 Å². The Bertz CT molecular complexity index is 232. The Kier molecular flexibility index (Phi) is 4.10. The largest absolute Gasteiger partial charge is 0.466 e. The van der Waals surface area contributed by atoms with Gasteiger partial charge < -0.3 is 15.2 Å². The van der Waals surface area contributed by atoms with Gasteiger partial charge in [-0.15, -0.1) is 0 Å². The highest BCUT2D eigenvalue weighted by Crippen LogP contribution is 2.18. The van der Waals surface area contributed by atoms with Gasteiger partial charge >= 0.3 is 5.97 Å². The number of carbonyl (C=O) groups is 1. The predicted octanol–water partition coefficient (Wildman–Crippen LogP) is 0.219. The molecule has 1 fully saturated rings. The maximum atomic E-state index is 11.0. The Morgan fingerprint density at radius 3 is 2.79 bits per heavy atom. The molecule has 0 aliphatic heterocycles. The molecule has 4 nitrogen and oxygen atoms in total. The van der Waals surface area contributed by atoms with Gasteiger partial charge in [0.05, 0.1) is 13.2 Å². The fourth-order valence-corrected chi connectivity index (χ4v) is 1.38. The Morgan fingerprint density at radius 1 is 1.64 bits per heavy atom. The number of ether oxygens (including phenoxy) is 1. The lowest BCUT2D eigenvalue weighted by Gasteiger charge is -2.31. The van der Waals surface area contributed by atoms with Crippen LogP contribution in [0.1, 0.15) is 19.8 Å². The van der Waals surface area contributed by atoms with E-state index in [2.05, 4.69) is 10.1 Å². The van der Waals surface area contributed by atoms with Crippen molar-refractivity contribution in [3.63, 3.8) is 0 Å². The fourth-order valence-electron chi connectivity index (χ4n) is 1.38. The summed E-state index contributed by atoms with van der Waals surface area (Å²) in [5, 5.41) is 12.2. The Labute approximate surface area is 83.9 Å². The third-order valence-corrected chi connectivity index (χ3v) is 2.44. The lowest BCUT2D eigenvalue weighted by atomic mass is 9.89. The molecule has 0 radical (unpaired) electrons. The second kappa shape index (κ2) is 5.12. The molecule has 0 spiro atoms. The molecule has 80 valence electrons. The number of carbonyl (C=O) groups excluding carboxylic acids is 1. The second-order valence-electron chi connectivity index (χ2n) is 3.61. The van der Waals surface area contributed by atoms with Gasteiger partial charge in [0, 0.05) is 18.2 Å². The number of hydrogen-bond acceptors (Lipinski definition) is 4. The van der Waals surface area contributed by atoms with E-state index in [4.69, 9.17) is 5.11 Å². The molecule has 1 aliphatic rings. The average molecular weight is 199 g/mol. The SMILES string of the molecule is COC(=O)C(C)=CCNC1CC(O)C1. The third kappa shape index (κ3) is 3.12. The van der Waals surface area contributed by atoms with Crippen LogP contribution >= 0.6 is 0 Å². The van der Waals surface area contributed by atoms with Gasteiger partial charge in [-0.2, -0.15) is 0 Å². The monoisotopic (exact) mass is 199 g/mol. The number of nitrogens with one attached hydrogen (secondary N) is 1. The second-order valence-corrected chi connectivity index (χ2v) is 3.61. The molecular weight excluding hydrogens is 182 g/mol.